The molecule has 0 aromatic heterocycles. The first kappa shape index (κ1) is 16.4. The quantitative estimate of drug-likeness (QED) is 0.888. The van der Waals surface area contributed by atoms with Gasteiger partial charge in [-0.05, 0) is 43.3 Å². The van der Waals surface area contributed by atoms with Crippen LogP contribution in [0.15, 0.2) is 42.5 Å². The second-order valence-corrected chi connectivity index (χ2v) is 4.76. The monoisotopic (exact) mass is 320 g/mol. The molecule has 0 aliphatic rings. The van der Waals surface area contributed by atoms with Crippen molar-refractivity contribution >= 4 is 17.5 Å². The van der Waals surface area contributed by atoms with Crippen LogP contribution in [0.1, 0.15) is 17.3 Å². The molecule has 1 atom stereocenters. The molecule has 0 fully saturated rings. The predicted molar refractivity (Wildman–Crippen MR) is 80.0 cm³/mol. The Kier molecular flexibility index (Phi) is 4.90. The highest BCUT2D eigenvalue weighted by Gasteiger charge is 2.17. The molecule has 0 aliphatic carbocycles. The maximum atomic E-state index is 13.5. The zero-order chi connectivity index (χ0) is 17.0. The summed E-state index contributed by atoms with van der Waals surface area (Å²) < 4.78 is 31.9. The molecule has 3 N–H and O–H groups in total. The summed E-state index contributed by atoms with van der Waals surface area (Å²) in [5.74, 6) is -2.31. The molecule has 0 heterocycles. The lowest BCUT2D eigenvalue weighted by atomic mass is 10.2. The van der Waals surface area contributed by atoms with Crippen LogP contribution in [0, 0.1) is 11.6 Å². The minimum absolute atomic E-state index is 0.269. The second kappa shape index (κ2) is 6.87. The first-order valence-electron chi connectivity index (χ1n) is 6.69. The normalized spacial score (nSPS) is 11.6. The zero-order valence-electron chi connectivity index (χ0n) is 12.2. The van der Waals surface area contributed by atoms with Gasteiger partial charge in [-0.15, -0.1) is 0 Å². The van der Waals surface area contributed by atoms with Gasteiger partial charge in [-0.3, -0.25) is 9.59 Å². The minimum Gasteiger partial charge on any atom is -0.481 e. The van der Waals surface area contributed by atoms with E-state index < -0.39 is 29.6 Å². The molecule has 0 spiro atoms. The second-order valence-electron chi connectivity index (χ2n) is 4.76. The SMILES string of the molecule is C[C@@H](Oc1ccc(C(N)=O)cc1)C(=O)Nc1cc(F)ccc1F. The number of nitrogens with one attached hydrogen (secondary N) is 1. The number of primary amides is 1. The van der Waals surface area contributed by atoms with Crippen LogP contribution in [-0.2, 0) is 4.79 Å². The van der Waals surface area contributed by atoms with Crippen molar-refractivity contribution in [1.29, 1.82) is 0 Å². The van der Waals surface area contributed by atoms with Gasteiger partial charge < -0.3 is 15.8 Å². The van der Waals surface area contributed by atoms with Crippen molar-refractivity contribution in [2.75, 3.05) is 5.32 Å². The average molecular weight is 320 g/mol. The number of carbonyl (C=O) groups is 2. The van der Waals surface area contributed by atoms with Crippen molar-refractivity contribution in [2.24, 2.45) is 5.73 Å². The number of nitrogens with two attached hydrogens (primary N) is 1. The lowest BCUT2D eigenvalue weighted by Gasteiger charge is -2.15. The Morgan fingerprint density at radius 3 is 2.39 bits per heavy atom. The third kappa shape index (κ3) is 4.26. The van der Waals surface area contributed by atoms with Crippen LogP contribution < -0.4 is 15.8 Å². The fourth-order valence-corrected chi connectivity index (χ4v) is 1.78. The lowest BCUT2D eigenvalue weighted by Crippen LogP contribution is -2.30. The Balaban J connectivity index is 2.02. The summed E-state index contributed by atoms with van der Waals surface area (Å²) in [4.78, 5) is 22.9. The van der Waals surface area contributed by atoms with E-state index in [1.807, 2.05) is 0 Å². The lowest BCUT2D eigenvalue weighted by molar-refractivity contribution is -0.122. The first-order valence-corrected chi connectivity index (χ1v) is 6.69. The van der Waals surface area contributed by atoms with Crippen LogP contribution in [0.4, 0.5) is 14.5 Å². The summed E-state index contributed by atoms with van der Waals surface area (Å²) in [6.07, 6.45) is -0.961. The largest absolute Gasteiger partial charge is 0.481 e. The Bertz CT molecular complexity index is 733. The maximum absolute atomic E-state index is 13.5. The molecule has 7 heteroatoms. The summed E-state index contributed by atoms with van der Waals surface area (Å²) in [6, 6.07) is 8.61. The number of amides is 2. The van der Waals surface area contributed by atoms with Gasteiger partial charge in [0.05, 0.1) is 5.69 Å². The third-order valence-corrected chi connectivity index (χ3v) is 3.01. The Morgan fingerprint density at radius 1 is 1.13 bits per heavy atom. The van der Waals surface area contributed by atoms with Gasteiger partial charge in [-0.1, -0.05) is 0 Å². The topological polar surface area (TPSA) is 81.4 Å². The minimum atomic E-state index is -0.961. The molecule has 0 bridgehead atoms. The molecule has 23 heavy (non-hydrogen) atoms. The standard InChI is InChI=1S/C16H14F2N2O3/c1-9(23-12-5-2-10(3-6-12)15(19)21)16(22)20-14-8-11(17)4-7-13(14)18/h2-9H,1H3,(H2,19,21)(H,20,22)/t9-/m1/s1. The average Bonchev–Trinajstić information content (AvgIpc) is 2.51. The fourth-order valence-electron chi connectivity index (χ4n) is 1.78. The highest BCUT2D eigenvalue weighted by Crippen LogP contribution is 2.17. The summed E-state index contributed by atoms with van der Waals surface area (Å²) in [5, 5.41) is 2.25. The smallest absolute Gasteiger partial charge is 0.265 e. The number of benzene rings is 2. The van der Waals surface area contributed by atoms with Gasteiger partial charge in [0.25, 0.3) is 5.91 Å². The van der Waals surface area contributed by atoms with E-state index in [4.69, 9.17) is 10.5 Å². The maximum Gasteiger partial charge on any atom is 0.265 e. The van der Waals surface area contributed by atoms with Gasteiger partial charge in [0, 0.05) is 11.6 Å². The van der Waals surface area contributed by atoms with E-state index in [9.17, 15) is 18.4 Å². The van der Waals surface area contributed by atoms with E-state index in [0.29, 0.717) is 11.3 Å². The molecule has 0 radical (unpaired) electrons. The van der Waals surface area contributed by atoms with Crippen LogP contribution in [0.2, 0.25) is 0 Å². The molecule has 2 aromatic rings. The Hall–Kier alpha value is -2.96. The molecular formula is C16H14F2N2O3. The van der Waals surface area contributed by atoms with Crippen LogP contribution >= 0.6 is 0 Å². The van der Waals surface area contributed by atoms with Crippen LogP contribution in [0.25, 0.3) is 0 Å². The molecule has 2 rings (SSSR count). The van der Waals surface area contributed by atoms with Crippen molar-refractivity contribution in [3.05, 3.63) is 59.7 Å². The van der Waals surface area contributed by atoms with E-state index in [1.54, 1.807) is 0 Å². The number of hydrogen-bond donors (Lipinski definition) is 2. The molecule has 2 amide bonds. The van der Waals surface area contributed by atoms with Gasteiger partial charge in [0.2, 0.25) is 5.91 Å². The predicted octanol–water partition coefficient (Wildman–Crippen LogP) is 2.47. The van der Waals surface area contributed by atoms with Crippen LogP contribution in [-0.4, -0.2) is 17.9 Å². The summed E-state index contributed by atoms with van der Waals surface area (Å²) in [6.45, 7) is 1.45. The molecule has 0 aliphatic heterocycles. The number of rotatable bonds is 5. The fraction of sp³-hybridized carbons (Fsp3) is 0.125. The van der Waals surface area contributed by atoms with Gasteiger partial charge >= 0.3 is 0 Å². The van der Waals surface area contributed by atoms with E-state index in [2.05, 4.69) is 5.32 Å². The van der Waals surface area contributed by atoms with Crippen LogP contribution in [0.5, 0.6) is 5.75 Å². The molecule has 2 aromatic carbocycles. The molecule has 5 nitrogen and oxygen atoms in total. The van der Waals surface area contributed by atoms with E-state index in [-0.39, 0.29) is 5.69 Å². The molecule has 0 saturated heterocycles. The number of hydrogen-bond acceptors (Lipinski definition) is 3. The number of carbonyl (C=O) groups excluding carboxylic acids is 2. The van der Waals surface area contributed by atoms with Gasteiger partial charge in [-0.2, -0.15) is 0 Å². The molecule has 120 valence electrons. The summed E-state index contributed by atoms with van der Waals surface area (Å²) in [5.41, 5.74) is 5.15. The number of anilines is 1. The summed E-state index contributed by atoms with van der Waals surface area (Å²) >= 11 is 0. The van der Waals surface area contributed by atoms with Gasteiger partial charge in [0.15, 0.2) is 6.10 Å². The molecule has 0 saturated carbocycles. The van der Waals surface area contributed by atoms with Crippen molar-refractivity contribution in [1.82, 2.24) is 0 Å². The van der Waals surface area contributed by atoms with Crippen molar-refractivity contribution < 1.29 is 23.1 Å². The highest BCUT2D eigenvalue weighted by molar-refractivity contribution is 5.94. The highest BCUT2D eigenvalue weighted by atomic mass is 19.1. The number of ether oxygens (including phenoxy) is 1. The molecular weight excluding hydrogens is 306 g/mol. The van der Waals surface area contributed by atoms with Crippen molar-refractivity contribution in [2.45, 2.75) is 13.0 Å². The third-order valence-electron chi connectivity index (χ3n) is 3.01. The van der Waals surface area contributed by atoms with E-state index >= 15 is 0 Å². The van der Waals surface area contributed by atoms with E-state index in [0.717, 1.165) is 18.2 Å². The van der Waals surface area contributed by atoms with Gasteiger partial charge in [-0.25, -0.2) is 8.78 Å². The summed E-state index contributed by atoms with van der Waals surface area (Å²) in [7, 11) is 0. The van der Waals surface area contributed by atoms with Crippen LogP contribution in [0.3, 0.4) is 0 Å². The zero-order valence-corrected chi connectivity index (χ0v) is 12.2. The Labute approximate surface area is 131 Å². The van der Waals surface area contributed by atoms with Gasteiger partial charge in [0.1, 0.15) is 17.4 Å². The first-order chi connectivity index (χ1) is 10.9. The van der Waals surface area contributed by atoms with Crippen molar-refractivity contribution in [3.8, 4) is 5.75 Å². The Morgan fingerprint density at radius 2 is 1.78 bits per heavy atom. The van der Waals surface area contributed by atoms with E-state index in [1.165, 1.54) is 31.2 Å². The van der Waals surface area contributed by atoms with Crippen molar-refractivity contribution in [3.63, 3.8) is 0 Å². The molecule has 0 unspecified atom stereocenters. The number of halogens is 2.